The highest BCUT2D eigenvalue weighted by atomic mass is 16.3. The predicted molar refractivity (Wildman–Crippen MR) is 77.3 cm³/mol. The van der Waals surface area contributed by atoms with Crippen LogP contribution in [0.5, 0.6) is 0 Å². The van der Waals surface area contributed by atoms with Gasteiger partial charge in [0.2, 0.25) is 0 Å². The summed E-state index contributed by atoms with van der Waals surface area (Å²) >= 11 is 0. The summed E-state index contributed by atoms with van der Waals surface area (Å²) in [5, 5.41) is 9.75. The van der Waals surface area contributed by atoms with E-state index >= 15 is 0 Å². The van der Waals surface area contributed by atoms with Crippen molar-refractivity contribution in [3.63, 3.8) is 0 Å². The van der Waals surface area contributed by atoms with Crippen LogP contribution in [0.1, 0.15) is 68.6 Å². The summed E-state index contributed by atoms with van der Waals surface area (Å²) in [4.78, 5) is 9.49. The molecule has 1 aromatic rings. The fourth-order valence-electron chi connectivity index (χ4n) is 5.53. The van der Waals surface area contributed by atoms with Crippen molar-refractivity contribution in [1.29, 1.82) is 0 Å². The van der Waals surface area contributed by atoms with Gasteiger partial charge in [0.25, 0.3) is 0 Å². The molecule has 0 aliphatic heterocycles. The molecule has 4 aliphatic rings. The maximum absolute atomic E-state index is 9.75. The molecule has 4 aliphatic carbocycles. The van der Waals surface area contributed by atoms with Crippen molar-refractivity contribution >= 4 is 0 Å². The lowest BCUT2D eigenvalue weighted by atomic mass is 9.49. The van der Waals surface area contributed by atoms with Gasteiger partial charge >= 0.3 is 0 Å². The van der Waals surface area contributed by atoms with E-state index in [1.54, 1.807) is 6.92 Å². The average Bonchev–Trinajstić information content (AvgIpc) is 2.36. The van der Waals surface area contributed by atoms with E-state index in [2.05, 4.69) is 4.98 Å². The van der Waals surface area contributed by atoms with Gasteiger partial charge in [0.05, 0.1) is 6.10 Å². The van der Waals surface area contributed by atoms with E-state index in [0.29, 0.717) is 0 Å². The van der Waals surface area contributed by atoms with Gasteiger partial charge in [-0.2, -0.15) is 0 Å². The van der Waals surface area contributed by atoms with Crippen LogP contribution in [-0.4, -0.2) is 15.1 Å². The zero-order valence-electron chi connectivity index (χ0n) is 12.5. The quantitative estimate of drug-likeness (QED) is 0.898. The van der Waals surface area contributed by atoms with E-state index in [1.807, 2.05) is 13.1 Å². The van der Waals surface area contributed by atoms with Crippen molar-refractivity contribution in [2.75, 3.05) is 0 Å². The Morgan fingerprint density at radius 2 is 1.70 bits per heavy atom. The Morgan fingerprint density at radius 1 is 1.15 bits per heavy atom. The van der Waals surface area contributed by atoms with Gasteiger partial charge < -0.3 is 5.11 Å². The fourth-order valence-corrected chi connectivity index (χ4v) is 5.53. The maximum Gasteiger partial charge on any atom is 0.134 e. The molecule has 3 heteroatoms. The molecule has 0 saturated heterocycles. The molecule has 1 aromatic heterocycles. The van der Waals surface area contributed by atoms with Gasteiger partial charge in [-0.05, 0) is 70.1 Å². The summed E-state index contributed by atoms with van der Waals surface area (Å²) in [5.41, 5.74) is 2.09. The van der Waals surface area contributed by atoms with Gasteiger partial charge in [0.1, 0.15) is 5.82 Å². The molecule has 1 N–H and O–H groups in total. The smallest absolute Gasteiger partial charge is 0.134 e. The second kappa shape index (κ2) is 4.27. The second-order valence-corrected chi connectivity index (χ2v) is 7.61. The van der Waals surface area contributed by atoms with Gasteiger partial charge in [-0.3, -0.25) is 0 Å². The van der Waals surface area contributed by atoms with Crippen LogP contribution < -0.4 is 0 Å². The van der Waals surface area contributed by atoms with E-state index in [1.165, 1.54) is 38.5 Å². The summed E-state index contributed by atoms with van der Waals surface area (Å²) in [6.45, 7) is 3.80. The standard InChI is InChI=1S/C17H24N2O/c1-10-15(11(2)20)9-18-16(19-10)17-6-12-3-13(7-17)5-14(4-12)8-17/h9,11-14,20H,3-8H2,1-2H3/t11-,12?,13?,14?,17?/m0/s1. The Morgan fingerprint density at radius 3 is 2.15 bits per heavy atom. The molecule has 4 bridgehead atoms. The Kier molecular flexibility index (Phi) is 2.72. The van der Waals surface area contributed by atoms with Crippen LogP contribution >= 0.6 is 0 Å². The summed E-state index contributed by atoms with van der Waals surface area (Å²) in [6, 6.07) is 0. The Hall–Kier alpha value is -0.960. The first-order valence-electron chi connectivity index (χ1n) is 8.08. The highest BCUT2D eigenvalue weighted by molar-refractivity contribution is 5.24. The molecule has 1 atom stereocenters. The topological polar surface area (TPSA) is 46.0 Å². The summed E-state index contributed by atoms with van der Waals surface area (Å²) in [5.74, 6) is 3.82. The van der Waals surface area contributed by atoms with E-state index in [9.17, 15) is 5.11 Å². The third kappa shape index (κ3) is 1.82. The molecule has 1 heterocycles. The van der Waals surface area contributed by atoms with Crippen molar-refractivity contribution in [2.24, 2.45) is 17.8 Å². The number of nitrogens with zero attached hydrogens (tertiary/aromatic N) is 2. The SMILES string of the molecule is Cc1nc(C23CC4CC(CC(C4)C2)C3)ncc1[C@H](C)O. The minimum atomic E-state index is -0.472. The molecule has 20 heavy (non-hydrogen) atoms. The van der Waals surface area contributed by atoms with Crippen LogP contribution in [0.2, 0.25) is 0 Å². The summed E-state index contributed by atoms with van der Waals surface area (Å²) in [7, 11) is 0. The first-order valence-corrected chi connectivity index (χ1v) is 8.08. The van der Waals surface area contributed by atoms with Gasteiger partial charge in [0.15, 0.2) is 0 Å². The van der Waals surface area contributed by atoms with Crippen LogP contribution in [0, 0.1) is 24.7 Å². The third-order valence-corrected chi connectivity index (χ3v) is 5.98. The van der Waals surface area contributed by atoms with Crippen LogP contribution in [0.3, 0.4) is 0 Å². The Bertz CT molecular complexity index is 503. The number of hydrogen-bond acceptors (Lipinski definition) is 3. The van der Waals surface area contributed by atoms with E-state index in [4.69, 9.17) is 4.98 Å². The summed E-state index contributed by atoms with van der Waals surface area (Å²) in [6.07, 6.45) is 9.63. The number of aryl methyl sites for hydroxylation is 1. The minimum Gasteiger partial charge on any atom is -0.389 e. The van der Waals surface area contributed by atoms with Crippen LogP contribution in [0.4, 0.5) is 0 Å². The largest absolute Gasteiger partial charge is 0.389 e. The highest BCUT2D eigenvalue weighted by Gasteiger charge is 2.53. The zero-order chi connectivity index (χ0) is 13.9. The number of aromatic nitrogens is 2. The zero-order valence-corrected chi connectivity index (χ0v) is 12.5. The lowest BCUT2D eigenvalue weighted by Gasteiger charge is -2.56. The van der Waals surface area contributed by atoms with Gasteiger partial charge in [0, 0.05) is 22.9 Å². The molecule has 3 nitrogen and oxygen atoms in total. The molecule has 0 radical (unpaired) electrons. The van der Waals surface area contributed by atoms with Crippen molar-refractivity contribution in [2.45, 2.75) is 63.9 Å². The first-order chi connectivity index (χ1) is 9.56. The second-order valence-electron chi connectivity index (χ2n) is 7.61. The van der Waals surface area contributed by atoms with Crippen molar-refractivity contribution < 1.29 is 5.11 Å². The number of aliphatic hydroxyl groups is 1. The maximum atomic E-state index is 9.75. The fraction of sp³-hybridized carbons (Fsp3) is 0.765. The number of rotatable bonds is 2. The molecule has 5 rings (SSSR count). The molecule has 0 unspecified atom stereocenters. The Balaban J connectivity index is 1.72. The first kappa shape index (κ1) is 12.8. The molecular weight excluding hydrogens is 248 g/mol. The van der Waals surface area contributed by atoms with E-state index < -0.39 is 6.10 Å². The molecule has 0 aromatic carbocycles. The lowest BCUT2D eigenvalue weighted by molar-refractivity contribution is -0.00955. The van der Waals surface area contributed by atoms with Crippen LogP contribution in [0.15, 0.2) is 6.20 Å². The third-order valence-electron chi connectivity index (χ3n) is 5.98. The lowest BCUT2D eigenvalue weighted by Crippen LogP contribution is -2.49. The van der Waals surface area contributed by atoms with Crippen molar-refractivity contribution in [3.8, 4) is 0 Å². The van der Waals surface area contributed by atoms with E-state index in [0.717, 1.165) is 34.8 Å². The molecular formula is C17H24N2O. The van der Waals surface area contributed by atoms with Crippen LogP contribution in [0.25, 0.3) is 0 Å². The molecule has 4 fully saturated rings. The number of hydrogen-bond donors (Lipinski definition) is 1. The highest BCUT2D eigenvalue weighted by Crippen LogP contribution is 2.60. The van der Waals surface area contributed by atoms with Gasteiger partial charge in [-0.1, -0.05) is 0 Å². The van der Waals surface area contributed by atoms with Gasteiger partial charge in [-0.15, -0.1) is 0 Å². The number of aliphatic hydroxyl groups excluding tert-OH is 1. The molecule has 0 amide bonds. The van der Waals surface area contributed by atoms with Crippen molar-refractivity contribution in [1.82, 2.24) is 9.97 Å². The average molecular weight is 272 g/mol. The monoisotopic (exact) mass is 272 g/mol. The molecule has 4 saturated carbocycles. The van der Waals surface area contributed by atoms with Crippen LogP contribution in [-0.2, 0) is 5.41 Å². The van der Waals surface area contributed by atoms with Gasteiger partial charge in [-0.25, -0.2) is 9.97 Å². The van der Waals surface area contributed by atoms with E-state index in [-0.39, 0.29) is 5.41 Å². The molecule has 108 valence electrons. The van der Waals surface area contributed by atoms with Crippen molar-refractivity contribution in [3.05, 3.63) is 23.3 Å². The summed E-state index contributed by atoms with van der Waals surface area (Å²) < 4.78 is 0. The predicted octanol–water partition coefficient (Wildman–Crippen LogP) is 3.31. The normalized spacial score (nSPS) is 40.0. The molecule has 0 spiro atoms. The Labute approximate surface area is 120 Å². The minimum absolute atomic E-state index is 0.261.